The molecule has 0 aliphatic carbocycles. The molecule has 0 radical (unpaired) electrons. The van der Waals surface area contributed by atoms with Crippen molar-refractivity contribution in [2.45, 2.75) is 5.88 Å². The number of benzene rings is 2. The van der Waals surface area contributed by atoms with Gasteiger partial charge in [0.25, 0.3) is 0 Å². The first-order valence-electron chi connectivity index (χ1n) is 6.62. The fourth-order valence-electron chi connectivity index (χ4n) is 2.35. The molecule has 0 fully saturated rings. The molecule has 0 N–H and O–H groups in total. The summed E-state index contributed by atoms with van der Waals surface area (Å²) in [7, 11) is 0. The first kappa shape index (κ1) is 13.9. The Hall–Kier alpha value is -1.73. The summed E-state index contributed by atoms with van der Waals surface area (Å²) in [5.41, 5.74) is 4.89. The summed E-state index contributed by atoms with van der Waals surface area (Å²) >= 11 is 8.06. The van der Waals surface area contributed by atoms with Gasteiger partial charge in [-0.3, -0.25) is 0 Å². The minimum absolute atomic E-state index is 0.320. The van der Waals surface area contributed by atoms with Crippen molar-refractivity contribution < 1.29 is 4.42 Å². The maximum atomic E-state index is 5.79. The fraction of sp³-hybridized carbons (Fsp3) is 0.0625. The third-order valence-corrected chi connectivity index (χ3v) is 4.51. The molecule has 4 rings (SSSR count). The predicted octanol–water partition coefficient (Wildman–Crippen LogP) is 4.78. The molecule has 2 aromatic carbocycles. The minimum atomic E-state index is 0.320. The van der Waals surface area contributed by atoms with E-state index in [2.05, 4.69) is 32.6 Å². The summed E-state index contributed by atoms with van der Waals surface area (Å²) in [5, 5.41) is 0. The molecule has 4 nitrogen and oxygen atoms in total. The van der Waals surface area contributed by atoms with Gasteiger partial charge in [0, 0.05) is 3.57 Å². The van der Waals surface area contributed by atoms with Gasteiger partial charge < -0.3 is 4.42 Å². The molecular formula is C16H9ClIN3O. The smallest absolute Gasteiger partial charge is 0.228 e. The number of hydrogen-bond acceptors (Lipinski definition) is 4. The molecule has 0 saturated heterocycles. The van der Waals surface area contributed by atoms with Crippen LogP contribution in [0.5, 0.6) is 0 Å². The summed E-state index contributed by atoms with van der Waals surface area (Å²) in [5.74, 6) is 0.835. The largest absolute Gasteiger partial charge is 0.444 e. The second kappa shape index (κ2) is 5.48. The quantitative estimate of drug-likeness (QED) is 0.265. The average molecular weight is 422 g/mol. The molecule has 4 aromatic rings. The number of oxazole rings is 1. The van der Waals surface area contributed by atoms with Gasteiger partial charge in [0.2, 0.25) is 5.89 Å². The zero-order chi connectivity index (χ0) is 15.1. The Morgan fingerprint density at radius 3 is 2.50 bits per heavy atom. The Balaban J connectivity index is 2.04. The maximum Gasteiger partial charge on any atom is 0.228 e. The van der Waals surface area contributed by atoms with Crippen LogP contribution in [0.4, 0.5) is 0 Å². The SMILES string of the molecule is ClCc1coc(-c2cccc3nc4cccc(I)c4nc23)n1. The molecule has 6 heteroatoms. The van der Waals surface area contributed by atoms with E-state index < -0.39 is 0 Å². The third-order valence-electron chi connectivity index (χ3n) is 3.36. The van der Waals surface area contributed by atoms with Crippen molar-refractivity contribution in [2.75, 3.05) is 0 Å². The molecule has 2 aromatic heterocycles. The highest BCUT2D eigenvalue weighted by Gasteiger charge is 2.13. The van der Waals surface area contributed by atoms with Gasteiger partial charge in [-0.25, -0.2) is 15.0 Å². The Morgan fingerprint density at radius 1 is 0.955 bits per heavy atom. The highest BCUT2D eigenvalue weighted by molar-refractivity contribution is 14.1. The normalized spacial score (nSPS) is 11.4. The van der Waals surface area contributed by atoms with Crippen LogP contribution in [0.15, 0.2) is 47.1 Å². The Bertz CT molecular complexity index is 999. The van der Waals surface area contributed by atoms with Crippen LogP contribution in [0.3, 0.4) is 0 Å². The minimum Gasteiger partial charge on any atom is -0.444 e. The Morgan fingerprint density at radius 2 is 1.73 bits per heavy atom. The van der Waals surface area contributed by atoms with E-state index in [0.29, 0.717) is 17.5 Å². The van der Waals surface area contributed by atoms with Crippen molar-refractivity contribution >= 4 is 56.3 Å². The lowest BCUT2D eigenvalue weighted by Gasteiger charge is -2.05. The van der Waals surface area contributed by atoms with E-state index in [1.165, 1.54) is 0 Å². The molecular weight excluding hydrogens is 413 g/mol. The number of halogens is 2. The third kappa shape index (κ3) is 2.24. The number of nitrogens with zero attached hydrogens (tertiary/aromatic N) is 3. The van der Waals surface area contributed by atoms with Crippen LogP contribution in [0.1, 0.15) is 5.69 Å². The van der Waals surface area contributed by atoms with Gasteiger partial charge in [0.05, 0.1) is 28.2 Å². The number of rotatable bonds is 2. The van der Waals surface area contributed by atoms with Gasteiger partial charge in [-0.1, -0.05) is 12.1 Å². The monoisotopic (exact) mass is 421 g/mol. The molecule has 22 heavy (non-hydrogen) atoms. The molecule has 2 heterocycles. The average Bonchev–Trinajstić information content (AvgIpc) is 3.02. The second-order valence-corrected chi connectivity index (χ2v) is 6.21. The molecule has 0 unspecified atom stereocenters. The van der Waals surface area contributed by atoms with E-state index in [0.717, 1.165) is 31.2 Å². The summed E-state index contributed by atoms with van der Waals surface area (Å²) in [6.45, 7) is 0. The van der Waals surface area contributed by atoms with Crippen molar-refractivity contribution in [1.29, 1.82) is 0 Å². The van der Waals surface area contributed by atoms with Crippen molar-refractivity contribution in [1.82, 2.24) is 15.0 Å². The van der Waals surface area contributed by atoms with E-state index in [9.17, 15) is 0 Å². The first-order valence-corrected chi connectivity index (χ1v) is 8.23. The van der Waals surface area contributed by atoms with Gasteiger partial charge >= 0.3 is 0 Å². The molecule has 0 amide bonds. The van der Waals surface area contributed by atoms with Crippen molar-refractivity contribution in [2.24, 2.45) is 0 Å². The fourth-order valence-corrected chi connectivity index (χ4v) is 3.08. The lowest BCUT2D eigenvalue weighted by atomic mass is 10.1. The Kier molecular flexibility index (Phi) is 3.46. The van der Waals surface area contributed by atoms with Crippen LogP contribution in [0.25, 0.3) is 33.5 Å². The zero-order valence-electron chi connectivity index (χ0n) is 11.3. The molecule has 0 saturated carbocycles. The lowest BCUT2D eigenvalue weighted by Crippen LogP contribution is -1.92. The van der Waals surface area contributed by atoms with Gasteiger partial charge in [0.15, 0.2) is 0 Å². The van der Waals surface area contributed by atoms with Crippen LogP contribution in [0.2, 0.25) is 0 Å². The van der Waals surface area contributed by atoms with E-state index in [1.807, 2.05) is 36.4 Å². The van der Waals surface area contributed by atoms with E-state index >= 15 is 0 Å². The number of aromatic nitrogens is 3. The molecule has 0 atom stereocenters. The lowest BCUT2D eigenvalue weighted by molar-refractivity contribution is 0.574. The van der Waals surface area contributed by atoms with E-state index in [4.69, 9.17) is 21.0 Å². The highest BCUT2D eigenvalue weighted by Crippen LogP contribution is 2.28. The van der Waals surface area contributed by atoms with Crippen molar-refractivity contribution in [3.8, 4) is 11.5 Å². The first-order chi connectivity index (χ1) is 10.8. The number of hydrogen-bond donors (Lipinski definition) is 0. The summed E-state index contributed by atoms with van der Waals surface area (Å²) in [4.78, 5) is 13.9. The van der Waals surface area contributed by atoms with Gasteiger partial charge in [0.1, 0.15) is 17.3 Å². The van der Waals surface area contributed by atoms with Gasteiger partial charge in [-0.05, 0) is 46.9 Å². The van der Waals surface area contributed by atoms with Crippen LogP contribution < -0.4 is 0 Å². The van der Waals surface area contributed by atoms with Crippen LogP contribution in [0, 0.1) is 3.57 Å². The van der Waals surface area contributed by atoms with E-state index in [-0.39, 0.29) is 0 Å². The standard InChI is InChI=1S/C16H9ClIN3O/c17-7-9-8-22-16(19-9)10-3-1-5-12-14(10)21-15-11(18)4-2-6-13(15)20-12/h1-6,8H,7H2. The van der Waals surface area contributed by atoms with Crippen molar-refractivity contribution in [3.63, 3.8) is 0 Å². The molecule has 0 spiro atoms. The van der Waals surface area contributed by atoms with Crippen molar-refractivity contribution in [3.05, 3.63) is 51.9 Å². The number of fused-ring (bicyclic) bond motifs is 2. The Labute approximate surface area is 144 Å². The molecule has 0 aliphatic heterocycles. The zero-order valence-corrected chi connectivity index (χ0v) is 14.2. The number of alkyl halides is 1. The van der Waals surface area contributed by atoms with Crippen LogP contribution in [-0.4, -0.2) is 15.0 Å². The molecule has 0 bridgehead atoms. The topological polar surface area (TPSA) is 51.8 Å². The summed E-state index contributed by atoms with van der Waals surface area (Å²) in [6.07, 6.45) is 1.57. The predicted molar refractivity (Wildman–Crippen MR) is 94.8 cm³/mol. The van der Waals surface area contributed by atoms with Gasteiger partial charge in [-0.15, -0.1) is 11.6 Å². The second-order valence-electron chi connectivity index (χ2n) is 4.78. The summed E-state index contributed by atoms with van der Waals surface area (Å²) in [6, 6.07) is 11.8. The van der Waals surface area contributed by atoms with Gasteiger partial charge in [-0.2, -0.15) is 0 Å². The summed E-state index contributed by atoms with van der Waals surface area (Å²) < 4.78 is 6.59. The highest BCUT2D eigenvalue weighted by atomic mass is 127. The number of para-hydroxylation sites is 2. The molecule has 108 valence electrons. The van der Waals surface area contributed by atoms with E-state index in [1.54, 1.807) is 6.26 Å². The molecule has 0 aliphatic rings. The van der Waals surface area contributed by atoms with Crippen LogP contribution >= 0.6 is 34.2 Å². The maximum absolute atomic E-state index is 5.79. The van der Waals surface area contributed by atoms with Crippen LogP contribution in [-0.2, 0) is 5.88 Å².